The standard InChI is InChI=1S/C19H21N5O3/c1-13-10-16(22-26-13)20-17(25)12-24-9-5-8-15(11-24)19-21-18(23-27-19)14-6-3-2-4-7-14/h2-4,6-7,10,15H,5,8-9,11-12H2,1H3,(H,20,22,25)/t15-/m1/s1. The van der Waals surface area contributed by atoms with E-state index < -0.39 is 0 Å². The maximum Gasteiger partial charge on any atom is 0.239 e. The first-order chi connectivity index (χ1) is 13.2. The van der Waals surface area contributed by atoms with Gasteiger partial charge >= 0.3 is 0 Å². The van der Waals surface area contributed by atoms with Crippen molar-refractivity contribution in [1.82, 2.24) is 20.2 Å². The molecule has 0 aliphatic carbocycles. The Balaban J connectivity index is 1.37. The van der Waals surface area contributed by atoms with Gasteiger partial charge in [0.05, 0.1) is 12.5 Å². The smallest absolute Gasteiger partial charge is 0.239 e. The van der Waals surface area contributed by atoms with Gasteiger partial charge < -0.3 is 14.4 Å². The number of likely N-dealkylation sites (tertiary alicyclic amines) is 1. The van der Waals surface area contributed by atoms with Crippen LogP contribution in [0.25, 0.3) is 11.4 Å². The van der Waals surface area contributed by atoms with Crippen molar-refractivity contribution in [3.63, 3.8) is 0 Å². The minimum absolute atomic E-state index is 0.112. The minimum Gasteiger partial charge on any atom is -0.360 e. The maximum absolute atomic E-state index is 12.2. The second-order valence-corrected chi connectivity index (χ2v) is 6.77. The molecule has 8 heteroatoms. The lowest BCUT2D eigenvalue weighted by atomic mass is 9.98. The van der Waals surface area contributed by atoms with Gasteiger partial charge in [-0.25, -0.2) is 0 Å². The Morgan fingerprint density at radius 2 is 2.11 bits per heavy atom. The van der Waals surface area contributed by atoms with Crippen molar-refractivity contribution < 1.29 is 13.8 Å². The third-order valence-corrected chi connectivity index (χ3v) is 4.59. The Morgan fingerprint density at radius 3 is 2.89 bits per heavy atom. The molecule has 1 fully saturated rings. The SMILES string of the molecule is Cc1cc(NC(=O)CN2CCC[C@@H](c3nc(-c4ccccc4)no3)C2)no1. The van der Waals surface area contributed by atoms with Gasteiger partial charge in [0, 0.05) is 18.2 Å². The monoisotopic (exact) mass is 367 g/mol. The zero-order valence-corrected chi connectivity index (χ0v) is 15.1. The van der Waals surface area contributed by atoms with E-state index in [1.165, 1.54) is 0 Å². The molecule has 2 aromatic heterocycles. The molecular weight excluding hydrogens is 346 g/mol. The van der Waals surface area contributed by atoms with Crippen molar-refractivity contribution in [3.05, 3.63) is 48.0 Å². The lowest BCUT2D eigenvalue weighted by Gasteiger charge is -2.30. The number of anilines is 1. The number of amides is 1. The second-order valence-electron chi connectivity index (χ2n) is 6.77. The molecule has 0 spiro atoms. The summed E-state index contributed by atoms with van der Waals surface area (Å²) >= 11 is 0. The molecule has 140 valence electrons. The average Bonchev–Trinajstić information content (AvgIpc) is 3.32. The van der Waals surface area contributed by atoms with Crippen LogP contribution in [0.3, 0.4) is 0 Å². The number of carbonyl (C=O) groups excluding carboxylic acids is 1. The number of nitrogens with zero attached hydrogens (tertiary/aromatic N) is 4. The largest absolute Gasteiger partial charge is 0.360 e. The van der Waals surface area contributed by atoms with E-state index in [0.717, 1.165) is 24.9 Å². The highest BCUT2D eigenvalue weighted by Gasteiger charge is 2.27. The highest BCUT2D eigenvalue weighted by atomic mass is 16.5. The number of piperidine rings is 1. The molecule has 0 radical (unpaired) electrons. The fourth-order valence-corrected chi connectivity index (χ4v) is 3.32. The van der Waals surface area contributed by atoms with E-state index >= 15 is 0 Å². The van der Waals surface area contributed by atoms with Crippen molar-refractivity contribution in [2.24, 2.45) is 0 Å². The molecule has 0 bridgehead atoms. The van der Waals surface area contributed by atoms with Crippen molar-refractivity contribution >= 4 is 11.7 Å². The summed E-state index contributed by atoms with van der Waals surface area (Å²) in [6.45, 7) is 3.65. The summed E-state index contributed by atoms with van der Waals surface area (Å²) in [4.78, 5) is 18.9. The van der Waals surface area contributed by atoms with Gasteiger partial charge in [0.25, 0.3) is 0 Å². The Labute approximate surface area is 156 Å². The second kappa shape index (κ2) is 7.71. The summed E-state index contributed by atoms with van der Waals surface area (Å²) in [7, 11) is 0. The van der Waals surface area contributed by atoms with Gasteiger partial charge in [-0.1, -0.05) is 40.6 Å². The zero-order chi connectivity index (χ0) is 18.6. The lowest BCUT2D eigenvalue weighted by Crippen LogP contribution is -2.39. The molecule has 1 aliphatic heterocycles. The van der Waals surface area contributed by atoms with E-state index in [1.54, 1.807) is 13.0 Å². The quantitative estimate of drug-likeness (QED) is 0.740. The molecule has 0 saturated carbocycles. The van der Waals surface area contributed by atoms with Crippen LogP contribution in [0.4, 0.5) is 5.82 Å². The summed E-state index contributed by atoms with van der Waals surface area (Å²) < 4.78 is 10.5. The molecule has 1 atom stereocenters. The molecule has 4 rings (SSSR count). The van der Waals surface area contributed by atoms with Crippen molar-refractivity contribution in [3.8, 4) is 11.4 Å². The van der Waals surface area contributed by atoms with Gasteiger partial charge in [-0.3, -0.25) is 9.69 Å². The molecule has 0 unspecified atom stereocenters. The van der Waals surface area contributed by atoms with E-state index in [2.05, 4.69) is 25.5 Å². The van der Waals surface area contributed by atoms with Crippen LogP contribution < -0.4 is 5.32 Å². The van der Waals surface area contributed by atoms with Crippen LogP contribution in [0.1, 0.15) is 30.4 Å². The van der Waals surface area contributed by atoms with Crippen LogP contribution >= 0.6 is 0 Å². The van der Waals surface area contributed by atoms with Gasteiger partial charge in [-0.05, 0) is 26.3 Å². The molecule has 3 aromatic rings. The maximum atomic E-state index is 12.2. The van der Waals surface area contributed by atoms with Crippen LogP contribution in [0.2, 0.25) is 0 Å². The first-order valence-corrected chi connectivity index (χ1v) is 9.02. The Kier molecular flexibility index (Phi) is 4.97. The molecular formula is C19H21N5O3. The topological polar surface area (TPSA) is 97.3 Å². The van der Waals surface area contributed by atoms with Crippen molar-refractivity contribution in [2.45, 2.75) is 25.7 Å². The van der Waals surface area contributed by atoms with E-state index in [0.29, 0.717) is 36.4 Å². The number of nitrogens with one attached hydrogen (secondary N) is 1. The predicted molar refractivity (Wildman–Crippen MR) is 98.0 cm³/mol. The predicted octanol–water partition coefficient (Wildman–Crippen LogP) is 2.85. The van der Waals surface area contributed by atoms with Gasteiger partial charge in [0.1, 0.15) is 5.76 Å². The fourth-order valence-electron chi connectivity index (χ4n) is 3.32. The number of hydrogen-bond acceptors (Lipinski definition) is 7. The van der Waals surface area contributed by atoms with Gasteiger partial charge in [0.15, 0.2) is 5.82 Å². The lowest BCUT2D eigenvalue weighted by molar-refractivity contribution is -0.117. The summed E-state index contributed by atoms with van der Waals surface area (Å²) in [5.74, 6) is 2.35. The molecule has 1 aliphatic rings. The summed E-state index contributed by atoms with van der Waals surface area (Å²) in [5.41, 5.74) is 0.933. The fraction of sp³-hybridized carbons (Fsp3) is 0.368. The number of carbonyl (C=O) groups is 1. The van der Waals surface area contributed by atoms with E-state index in [4.69, 9.17) is 9.05 Å². The average molecular weight is 367 g/mol. The number of rotatable bonds is 5. The summed E-state index contributed by atoms with van der Waals surface area (Å²) in [5, 5.41) is 10.6. The third kappa shape index (κ3) is 4.22. The first-order valence-electron chi connectivity index (χ1n) is 9.02. The first kappa shape index (κ1) is 17.4. The van der Waals surface area contributed by atoms with E-state index in [9.17, 15) is 4.79 Å². The zero-order valence-electron chi connectivity index (χ0n) is 15.1. The highest BCUT2D eigenvalue weighted by Crippen LogP contribution is 2.27. The molecule has 3 heterocycles. The molecule has 1 N–H and O–H groups in total. The van der Waals surface area contributed by atoms with Crippen LogP contribution in [-0.4, -0.2) is 45.7 Å². The minimum atomic E-state index is -0.112. The highest BCUT2D eigenvalue weighted by molar-refractivity contribution is 5.91. The van der Waals surface area contributed by atoms with Crippen molar-refractivity contribution in [2.75, 3.05) is 25.0 Å². The number of benzene rings is 1. The molecule has 27 heavy (non-hydrogen) atoms. The van der Waals surface area contributed by atoms with E-state index in [1.807, 2.05) is 30.3 Å². The molecule has 8 nitrogen and oxygen atoms in total. The Bertz CT molecular complexity index is 905. The van der Waals surface area contributed by atoms with E-state index in [-0.39, 0.29) is 11.8 Å². The summed E-state index contributed by atoms with van der Waals surface area (Å²) in [6.07, 6.45) is 1.95. The summed E-state index contributed by atoms with van der Waals surface area (Å²) in [6, 6.07) is 11.5. The van der Waals surface area contributed by atoms with Crippen LogP contribution in [-0.2, 0) is 4.79 Å². The normalized spacial score (nSPS) is 17.7. The number of aryl methyl sites for hydroxylation is 1. The molecule has 1 aromatic carbocycles. The van der Waals surface area contributed by atoms with Crippen LogP contribution in [0.15, 0.2) is 45.4 Å². The Morgan fingerprint density at radius 1 is 1.26 bits per heavy atom. The van der Waals surface area contributed by atoms with Gasteiger partial charge in [-0.15, -0.1) is 0 Å². The van der Waals surface area contributed by atoms with Crippen LogP contribution in [0, 0.1) is 6.92 Å². The Hall–Kier alpha value is -3.00. The van der Waals surface area contributed by atoms with Gasteiger partial charge in [-0.2, -0.15) is 4.98 Å². The molecule has 1 amide bonds. The third-order valence-electron chi connectivity index (χ3n) is 4.59. The number of hydrogen-bond donors (Lipinski definition) is 1. The van der Waals surface area contributed by atoms with Gasteiger partial charge in [0.2, 0.25) is 17.6 Å². The van der Waals surface area contributed by atoms with Crippen molar-refractivity contribution in [1.29, 1.82) is 0 Å². The van der Waals surface area contributed by atoms with Crippen LogP contribution in [0.5, 0.6) is 0 Å². The molecule has 1 saturated heterocycles. The number of aromatic nitrogens is 3.